The summed E-state index contributed by atoms with van der Waals surface area (Å²) in [5.74, 6) is -0.605. The first-order valence-electron chi connectivity index (χ1n) is 13.3. The van der Waals surface area contributed by atoms with Gasteiger partial charge in [0.2, 0.25) is 6.29 Å². The Labute approximate surface area is 263 Å². The molecule has 8 N–H and O–H groups in total. The Morgan fingerprint density at radius 3 is 2.16 bits per heavy atom. The number of aromatic hydroxyl groups is 2. The number of phenolic OH excluding ortho intramolecular Hbond substituents is 2. The molecule has 2 aromatic carbocycles. The summed E-state index contributed by atoms with van der Waals surface area (Å²) in [7, 11) is 1.38. The summed E-state index contributed by atoms with van der Waals surface area (Å²) >= 11 is 0. The number of rotatable bonds is 7. The third-order valence-electron chi connectivity index (χ3n) is 7.40. The van der Waals surface area contributed by atoms with Crippen LogP contribution in [0.2, 0.25) is 0 Å². The zero-order valence-electron chi connectivity index (χ0n) is 23.2. The number of fused-ring (bicyclic) bond motifs is 1. The molecule has 3 heterocycles. The second kappa shape index (κ2) is 13.6. The minimum atomic E-state index is -1.78. The van der Waals surface area contributed by atoms with Crippen molar-refractivity contribution >= 4 is 11.0 Å². The van der Waals surface area contributed by atoms with Crippen molar-refractivity contribution in [1.29, 1.82) is 0 Å². The molecule has 10 atom stereocenters. The Bertz CT molecular complexity index is 1510. The van der Waals surface area contributed by atoms with Crippen molar-refractivity contribution in [1.82, 2.24) is 0 Å². The Morgan fingerprint density at radius 2 is 1.48 bits per heavy atom. The molecular formula is C28H32O15Pd. The van der Waals surface area contributed by atoms with Gasteiger partial charge in [-0.25, -0.2) is 0 Å². The number of methoxy groups -OCH3 is 1. The van der Waals surface area contributed by atoms with E-state index in [4.69, 9.17) is 28.1 Å². The first kappa shape index (κ1) is 34.0. The Hall–Kier alpha value is -2.85. The molecule has 1 aromatic heterocycles. The van der Waals surface area contributed by atoms with Crippen LogP contribution in [0.3, 0.4) is 0 Å². The molecule has 5 rings (SSSR count). The maximum atomic E-state index is 12.8. The molecule has 2 saturated heterocycles. The van der Waals surface area contributed by atoms with Gasteiger partial charge in [-0.3, -0.25) is 4.79 Å². The van der Waals surface area contributed by atoms with Gasteiger partial charge in [0, 0.05) is 44.2 Å². The van der Waals surface area contributed by atoms with E-state index >= 15 is 0 Å². The van der Waals surface area contributed by atoms with Crippen molar-refractivity contribution in [2.24, 2.45) is 0 Å². The molecule has 2 aliphatic rings. The van der Waals surface area contributed by atoms with Gasteiger partial charge in [-0.05, 0) is 25.1 Å². The molecule has 2 fully saturated rings. The average Bonchev–Trinajstić information content (AvgIpc) is 2.97. The quantitative estimate of drug-likeness (QED) is 0.136. The van der Waals surface area contributed by atoms with E-state index in [-0.39, 0.29) is 54.4 Å². The van der Waals surface area contributed by atoms with Crippen molar-refractivity contribution in [3.05, 3.63) is 46.6 Å². The van der Waals surface area contributed by atoms with Gasteiger partial charge in [0.25, 0.3) is 0 Å². The number of aliphatic hydroxyl groups excluding tert-OH is 6. The second-order valence-electron chi connectivity index (χ2n) is 10.3. The van der Waals surface area contributed by atoms with Crippen LogP contribution in [0.25, 0.3) is 22.3 Å². The van der Waals surface area contributed by atoms with Gasteiger partial charge in [-0.2, -0.15) is 0 Å². The van der Waals surface area contributed by atoms with Gasteiger partial charge >= 0.3 is 0 Å². The molecule has 0 amide bonds. The van der Waals surface area contributed by atoms with Gasteiger partial charge in [-0.1, -0.05) is 0 Å². The van der Waals surface area contributed by atoms with E-state index in [1.54, 1.807) is 6.07 Å². The fraction of sp³-hybridized carbons (Fsp3) is 0.464. The summed E-state index contributed by atoms with van der Waals surface area (Å²) < 4.78 is 32.9. The number of benzene rings is 2. The van der Waals surface area contributed by atoms with E-state index in [1.165, 1.54) is 32.2 Å². The van der Waals surface area contributed by atoms with Gasteiger partial charge < -0.3 is 69.0 Å². The van der Waals surface area contributed by atoms with Gasteiger partial charge in [0.1, 0.15) is 71.0 Å². The summed E-state index contributed by atoms with van der Waals surface area (Å²) in [5, 5.41) is 82.0. The van der Waals surface area contributed by atoms with Crippen molar-refractivity contribution in [2.45, 2.75) is 68.3 Å². The molecule has 0 bridgehead atoms. The largest absolute Gasteiger partial charge is 0.507 e. The predicted octanol–water partition coefficient (Wildman–Crippen LogP) is -1.09. The zero-order valence-corrected chi connectivity index (χ0v) is 24.8. The molecule has 0 unspecified atom stereocenters. The molecule has 0 aliphatic carbocycles. The molecule has 15 nitrogen and oxygen atoms in total. The Balaban J connectivity index is 0.00000442. The fourth-order valence-electron chi connectivity index (χ4n) is 4.92. The van der Waals surface area contributed by atoms with Crippen molar-refractivity contribution < 1.29 is 89.4 Å². The first-order valence-corrected chi connectivity index (χ1v) is 13.3. The number of phenols is 2. The van der Waals surface area contributed by atoms with Crippen LogP contribution in [-0.2, 0) is 34.6 Å². The third kappa shape index (κ3) is 6.57. The molecule has 0 radical (unpaired) electrons. The summed E-state index contributed by atoms with van der Waals surface area (Å²) in [6.07, 6.45) is -15.0. The fourth-order valence-corrected chi connectivity index (χ4v) is 4.92. The number of hydrogen-bond donors (Lipinski definition) is 8. The topological polar surface area (TPSA) is 238 Å². The third-order valence-corrected chi connectivity index (χ3v) is 7.40. The summed E-state index contributed by atoms with van der Waals surface area (Å²) in [6, 6.07) is 7.78. The molecule has 3 aromatic rings. The molecule has 244 valence electrons. The summed E-state index contributed by atoms with van der Waals surface area (Å²) in [6.45, 7) is 0.953. The molecule has 0 spiro atoms. The minimum absolute atomic E-state index is 0. The van der Waals surface area contributed by atoms with E-state index < -0.39 is 79.2 Å². The van der Waals surface area contributed by atoms with Crippen molar-refractivity contribution in [3.8, 4) is 34.3 Å². The number of aliphatic hydroxyl groups is 6. The van der Waals surface area contributed by atoms with Gasteiger partial charge in [-0.15, -0.1) is 0 Å². The van der Waals surface area contributed by atoms with Crippen LogP contribution in [0, 0.1) is 0 Å². The summed E-state index contributed by atoms with van der Waals surface area (Å²) in [4.78, 5) is 12.8. The van der Waals surface area contributed by atoms with Crippen LogP contribution in [0.15, 0.2) is 45.6 Å². The maximum Gasteiger partial charge on any atom is 0.229 e. The van der Waals surface area contributed by atoms with Crippen LogP contribution in [-0.4, -0.2) is 116 Å². The SMILES string of the molecule is COc1ccc(-c2cc(=O)c3c(O)cc(O[C@@H]4O[C@H](CO[C@@H]5O[C@@H](C)[C@H](O)[C@@H](O)[C@H]5O)[C@@H](O)[C@H](O)[C@H]4O)cc3o2)cc1O.[Pd]. The molecule has 0 saturated carbocycles. The number of hydrogen-bond acceptors (Lipinski definition) is 15. The van der Waals surface area contributed by atoms with Gasteiger partial charge in [0.15, 0.2) is 23.2 Å². The van der Waals surface area contributed by atoms with E-state index in [0.29, 0.717) is 5.56 Å². The van der Waals surface area contributed by atoms with Gasteiger partial charge in [0.05, 0.1) is 19.8 Å². The average molecular weight is 715 g/mol. The number of ether oxygens (including phenoxy) is 5. The monoisotopic (exact) mass is 714 g/mol. The van der Waals surface area contributed by atoms with E-state index in [0.717, 1.165) is 12.1 Å². The van der Waals surface area contributed by atoms with E-state index in [2.05, 4.69) is 0 Å². The molecule has 2 aliphatic heterocycles. The summed E-state index contributed by atoms with van der Waals surface area (Å²) in [5.41, 5.74) is -0.381. The minimum Gasteiger partial charge on any atom is -0.507 e. The molecular weight excluding hydrogens is 683 g/mol. The van der Waals surface area contributed by atoms with E-state index in [9.17, 15) is 45.6 Å². The molecule has 16 heteroatoms. The Morgan fingerprint density at radius 1 is 0.795 bits per heavy atom. The predicted molar refractivity (Wildman–Crippen MR) is 143 cm³/mol. The molecule has 44 heavy (non-hydrogen) atoms. The smallest absolute Gasteiger partial charge is 0.229 e. The van der Waals surface area contributed by atoms with Crippen LogP contribution in [0.1, 0.15) is 6.92 Å². The van der Waals surface area contributed by atoms with Crippen LogP contribution in [0.4, 0.5) is 0 Å². The standard InChI is InChI=1S/C28H32O15.Pd/c1-10-21(32)23(34)25(36)27(40-10)39-9-19-22(33)24(35)26(37)28(43-19)41-12-6-14(30)20-15(31)8-17(42-18(20)7-12)11-3-4-16(38-2)13(29)5-11;/h3-8,10,19,21-30,32-37H,9H2,1-2H3;/t10-,19+,21-,22+,23+,24-,25+,26+,27+,28+;/m0./s1. The maximum absolute atomic E-state index is 12.8. The zero-order chi connectivity index (χ0) is 31.2. The van der Waals surface area contributed by atoms with Crippen molar-refractivity contribution in [3.63, 3.8) is 0 Å². The normalized spacial score (nSPS) is 32.2. The van der Waals surface area contributed by atoms with Crippen LogP contribution in [0.5, 0.6) is 23.0 Å². The first-order chi connectivity index (χ1) is 20.4. The van der Waals surface area contributed by atoms with Crippen LogP contribution < -0.4 is 14.9 Å². The van der Waals surface area contributed by atoms with Crippen molar-refractivity contribution in [2.75, 3.05) is 13.7 Å². The van der Waals surface area contributed by atoms with Crippen LogP contribution >= 0.6 is 0 Å². The van der Waals surface area contributed by atoms with E-state index in [1.807, 2.05) is 0 Å². The Kier molecular flexibility index (Phi) is 10.6. The second-order valence-corrected chi connectivity index (χ2v) is 10.3.